The van der Waals surface area contributed by atoms with E-state index in [9.17, 15) is 5.11 Å². The van der Waals surface area contributed by atoms with Crippen molar-refractivity contribution in [3.63, 3.8) is 0 Å². The van der Waals surface area contributed by atoms with E-state index in [0.29, 0.717) is 31.9 Å². The van der Waals surface area contributed by atoms with Crippen LogP contribution in [-0.4, -0.2) is 34.1 Å². The number of hydrogen-bond acceptors (Lipinski definition) is 5. The van der Waals surface area contributed by atoms with E-state index in [1.54, 1.807) is 0 Å². The fourth-order valence-corrected chi connectivity index (χ4v) is 1.70. The standard InChI is InChI=1S/C10H16N2O3/c1-2-3-8-11-9(15-12-8)6-10(13)4-5-14-7-10/h13H,2-7H2,1H3. The molecule has 0 aliphatic carbocycles. The summed E-state index contributed by atoms with van der Waals surface area (Å²) in [5.74, 6) is 1.22. The molecule has 0 aromatic carbocycles. The Hall–Kier alpha value is -0.940. The molecule has 1 fully saturated rings. The maximum atomic E-state index is 10.0. The van der Waals surface area contributed by atoms with Gasteiger partial charge in [-0.1, -0.05) is 12.1 Å². The summed E-state index contributed by atoms with van der Waals surface area (Å²) in [4.78, 5) is 4.22. The third kappa shape index (κ3) is 2.54. The van der Waals surface area contributed by atoms with Crippen LogP contribution in [0.2, 0.25) is 0 Å². The molecule has 0 amide bonds. The molecule has 1 N–H and O–H groups in total. The number of aryl methyl sites for hydroxylation is 1. The number of ether oxygens (including phenoxy) is 1. The van der Waals surface area contributed by atoms with E-state index in [1.807, 2.05) is 0 Å². The molecule has 0 spiro atoms. The van der Waals surface area contributed by atoms with Gasteiger partial charge in [0.1, 0.15) is 0 Å². The first-order chi connectivity index (χ1) is 7.22. The zero-order chi connectivity index (χ0) is 10.7. The highest BCUT2D eigenvalue weighted by Gasteiger charge is 2.34. The van der Waals surface area contributed by atoms with Crippen LogP contribution in [0.5, 0.6) is 0 Å². The van der Waals surface area contributed by atoms with Crippen molar-refractivity contribution in [3.05, 3.63) is 11.7 Å². The summed E-state index contributed by atoms with van der Waals surface area (Å²) >= 11 is 0. The first kappa shape index (κ1) is 10.6. The predicted octanol–water partition coefficient (Wildman–Crippen LogP) is 0.716. The second-order valence-corrected chi connectivity index (χ2v) is 4.06. The van der Waals surface area contributed by atoms with Gasteiger partial charge in [-0.25, -0.2) is 0 Å². The van der Waals surface area contributed by atoms with Gasteiger partial charge < -0.3 is 14.4 Å². The van der Waals surface area contributed by atoms with Crippen molar-refractivity contribution in [2.45, 2.75) is 38.2 Å². The van der Waals surface area contributed by atoms with E-state index in [2.05, 4.69) is 17.1 Å². The summed E-state index contributed by atoms with van der Waals surface area (Å²) in [7, 11) is 0. The molecule has 0 bridgehead atoms. The second-order valence-electron chi connectivity index (χ2n) is 4.06. The highest BCUT2D eigenvalue weighted by atomic mass is 16.5. The summed E-state index contributed by atoms with van der Waals surface area (Å²) in [6.45, 7) is 3.03. The average Bonchev–Trinajstić information content (AvgIpc) is 2.77. The van der Waals surface area contributed by atoms with E-state index < -0.39 is 5.60 Å². The van der Waals surface area contributed by atoms with E-state index >= 15 is 0 Å². The summed E-state index contributed by atoms with van der Waals surface area (Å²) < 4.78 is 10.2. The Bertz CT molecular complexity index is 318. The molecule has 1 aromatic rings. The third-order valence-electron chi connectivity index (χ3n) is 2.55. The van der Waals surface area contributed by atoms with Gasteiger partial charge in [-0.2, -0.15) is 4.98 Å². The molecule has 1 aliphatic rings. The van der Waals surface area contributed by atoms with Gasteiger partial charge >= 0.3 is 0 Å². The number of aromatic nitrogens is 2. The van der Waals surface area contributed by atoms with E-state index in [-0.39, 0.29) is 0 Å². The third-order valence-corrected chi connectivity index (χ3v) is 2.55. The lowest BCUT2D eigenvalue weighted by atomic mass is 9.99. The molecule has 1 aliphatic heterocycles. The summed E-state index contributed by atoms with van der Waals surface area (Å²) in [5.41, 5.74) is -0.810. The number of hydrogen-bond donors (Lipinski definition) is 1. The van der Waals surface area contributed by atoms with E-state index in [4.69, 9.17) is 9.26 Å². The van der Waals surface area contributed by atoms with Crippen LogP contribution in [-0.2, 0) is 17.6 Å². The summed E-state index contributed by atoms with van der Waals surface area (Å²) in [6.07, 6.45) is 2.84. The topological polar surface area (TPSA) is 68.4 Å². The molecule has 5 nitrogen and oxygen atoms in total. The Kier molecular flexibility index (Phi) is 3.02. The molecule has 2 rings (SSSR count). The minimum absolute atomic E-state index is 0.360. The molecule has 15 heavy (non-hydrogen) atoms. The summed E-state index contributed by atoms with van der Waals surface area (Å²) in [6, 6.07) is 0. The lowest BCUT2D eigenvalue weighted by Crippen LogP contribution is -2.31. The van der Waals surface area contributed by atoms with Crippen LogP contribution in [0.25, 0.3) is 0 Å². The van der Waals surface area contributed by atoms with Crippen molar-refractivity contribution in [1.29, 1.82) is 0 Å². The van der Waals surface area contributed by atoms with Gasteiger partial charge in [0.2, 0.25) is 5.89 Å². The average molecular weight is 212 g/mol. The molecule has 1 aromatic heterocycles. The Morgan fingerprint density at radius 1 is 1.53 bits per heavy atom. The fourth-order valence-electron chi connectivity index (χ4n) is 1.70. The second kappa shape index (κ2) is 4.28. The van der Waals surface area contributed by atoms with Gasteiger partial charge in [-0.3, -0.25) is 0 Å². The first-order valence-electron chi connectivity index (χ1n) is 5.33. The van der Waals surface area contributed by atoms with Gasteiger partial charge in [0.05, 0.1) is 18.6 Å². The molecular formula is C10H16N2O3. The summed E-state index contributed by atoms with van der Waals surface area (Å²) in [5, 5.41) is 13.9. The predicted molar refractivity (Wildman–Crippen MR) is 52.4 cm³/mol. The molecule has 1 saturated heterocycles. The molecule has 1 atom stereocenters. The van der Waals surface area contributed by atoms with Gasteiger partial charge in [0.25, 0.3) is 0 Å². The van der Waals surface area contributed by atoms with Crippen molar-refractivity contribution in [2.24, 2.45) is 0 Å². The van der Waals surface area contributed by atoms with Crippen molar-refractivity contribution in [1.82, 2.24) is 10.1 Å². The zero-order valence-electron chi connectivity index (χ0n) is 8.90. The number of rotatable bonds is 4. The van der Waals surface area contributed by atoms with Crippen LogP contribution in [0, 0.1) is 0 Å². The van der Waals surface area contributed by atoms with Crippen LogP contribution in [0.15, 0.2) is 4.52 Å². The minimum Gasteiger partial charge on any atom is -0.387 e. The van der Waals surface area contributed by atoms with Crippen molar-refractivity contribution < 1.29 is 14.4 Å². The van der Waals surface area contributed by atoms with Gasteiger partial charge in [-0.15, -0.1) is 0 Å². The molecule has 1 unspecified atom stereocenters. The van der Waals surface area contributed by atoms with Crippen molar-refractivity contribution in [2.75, 3.05) is 13.2 Å². The molecule has 5 heteroatoms. The Balaban J connectivity index is 1.97. The van der Waals surface area contributed by atoms with Gasteiger partial charge in [-0.05, 0) is 6.42 Å². The molecule has 84 valence electrons. The Morgan fingerprint density at radius 3 is 3.07 bits per heavy atom. The molecule has 2 heterocycles. The van der Waals surface area contributed by atoms with Crippen LogP contribution in [0.3, 0.4) is 0 Å². The Morgan fingerprint density at radius 2 is 2.40 bits per heavy atom. The first-order valence-corrected chi connectivity index (χ1v) is 5.33. The minimum atomic E-state index is -0.810. The number of aliphatic hydroxyl groups is 1. The SMILES string of the molecule is CCCc1noc(CC2(O)CCOC2)n1. The van der Waals surface area contributed by atoms with Crippen LogP contribution in [0.4, 0.5) is 0 Å². The van der Waals surface area contributed by atoms with Crippen molar-refractivity contribution >= 4 is 0 Å². The van der Waals surface area contributed by atoms with Crippen LogP contribution in [0.1, 0.15) is 31.5 Å². The highest BCUT2D eigenvalue weighted by molar-refractivity contribution is 4.95. The van der Waals surface area contributed by atoms with E-state index in [0.717, 1.165) is 18.7 Å². The maximum absolute atomic E-state index is 10.0. The fraction of sp³-hybridized carbons (Fsp3) is 0.800. The lowest BCUT2D eigenvalue weighted by Gasteiger charge is -2.16. The number of nitrogens with zero attached hydrogens (tertiary/aromatic N) is 2. The van der Waals surface area contributed by atoms with Gasteiger partial charge in [0.15, 0.2) is 5.82 Å². The van der Waals surface area contributed by atoms with Crippen LogP contribution >= 0.6 is 0 Å². The van der Waals surface area contributed by atoms with E-state index in [1.165, 1.54) is 0 Å². The molecule has 0 radical (unpaired) electrons. The van der Waals surface area contributed by atoms with Gasteiger partial charge in [0, 0.05) is 19.4 Å². The monoisotopic (exact) mass is 212 g/mol. The Labute approximate surface area is 88.4 Å². The quantitative estimate of drug-likeness (QED) is 0.796. The zero-order valence-corrected chi connectivity index (χ0v) is 8.90. The largest absolute Gasteiger partial charge is 0.387 e. The smallest absolute Gasteiger partial charge is 0.229 e. The normalized spacial score (nSPS) is 26.0. The maximum Gasteiger partial charge on any atom is 0.229 e. The van der Waals surface area contributed by atoms with Crippen molar-refractivity contribution in [3.8, 4) is 0 Å². The molecule has 0 saturated carbocycles. The lowest BCUT2D eigenvalue weighted by molar-refractivity contribution is 0.0207. The van der Waals surface area contributed by atoms with Crippen LogP contribution < -0.4 is 0 Å². The highest BCUT2D eigenvalue weighted by Crippen LogP contribution is 2.22. The molecular weight excluding hydrogens is 196 g/mol.